The predicted molar refractivity (Wildman–Crippen MR) is 58.8 cm³/mol. The standard InChI is InChI=1S/C12H13NO/c13-11-3-1-2-10(8-11)9-4-6-12(14)7-5-9/h1-4,6,8,14H,5,7,13H2. The van der Waals surface area contributed by atoms with Gasteiger partial charge in [0.05, 0.1) is 5.76 Å². The number of hydrogen-bond acceptors (Lipinski definition) is 2. The molecule has 0 fully saturated rings. The van der Waals surface area contributed by atoms with Crippen molar-refractivity contribution in [1.29, 1.82) is 0 Å². The van der Waals surface area contributed by atoms with Crippen molar-refractivity contribution in [3.05, 3.63) is 47.7 Å². The van der Waals surface area contributed by atoms with E-state index in [0.29, 0.717) is 5.76 Å². The van der Waals surface area contributed by atoms with Crippen molar-refractivity contribution >= 4 is 11.3 Å². The van der Waals surface area contributed by atoms with Crippen LogP contribution in [0.5, 0.6) is 0 Å². The minimum Gasteiger partial charge on any atom is -0.512 e. The highest BCUT2D eigenvalue weighted by Gasteiger charge is 2.06. The summed E-state index contributed by atoms with van der Waals surface area (Å²) < 4.78 is 0. The van der Waals surface area contributed by atoms with Gasteiger partial charge in [0, 0.05) is 12.1 Å². The normalized spacial score (nSPS) is 16.0. The molecule has 2 rings (SSSR count). The average molecular weight is 187 g/mol. The Morgan fingerprint density at radius 3 is 2.64 bits per heavy atom. The van der Waals surface area contributed by atoms with Gasteiger partial charge in [0.2, 0.25) is 0 Å². The van der Waals surface area contributed by atoms with Gasteiger partial charge in [-0.3, -0.25) is 0 Å². The molecule has 0 atom stereocenters. The van der Waals surface area contributed by atoms with Crippen molar-refractivity contribution < 1.29 is 5.11 Å². The third kappa shape index (κ3) is 1.79. The third-order valence-corrected chi connectivity index (χ3v) is 2.38. The van der Waals surface area contributed by atoms with E-state index in [1.165, 1.54) is 5.57 Å². The summed E-state index contributed by atoms with van der Waals surface area (Å²) in [6.07, 6.45) is 5.31. The van der Waals surface area contributed by atoms with Gasteiger partial charge in [0.15, 0.2) is 0 Å². The van der Waals surface area contributed by atoms with E-state index in [9.17, 15) is 5.11 Å². The zero-order valence-electron chi connectivity index (χ0n) is 7.90. The van der Waals surface area contributed by atoms with Crippen molar-refractivity contribution in [1.82, 2.24) is 0 Å². The highest BCUT2D eigenvalue weighted by molar-refractivity contribution is 5.70. The fourth-order valence-corrected chi connectivity index (χ4v) is 1.61. The molecule has 1 aliphatic carbocycles. The van der Waals surface area contributed by atoms with Gasteiger partial charge >= 0.3 is 0 Å². The van der Waals surface area contributed by atoms with Crippen molar-refractivity contribution in [2.24, 2.45) is 0 Å². The van der Waals surface area contributed by atoms with Crippen LogP contribution in [0.25, 0.3) is 5.57 Å². The van der Waals surface area contributed by atoms with Crippen LogP contribution in [0, 0.1) is 0 Å². The molecule has 0 saturated carbocycles. The molecule has 0 bridgehead atoms. The lowest BCUT2D eigenvalue weighted by molar-refractivity contribution is 0.388. The molecule has 1 aromatic rings. The first-order valence-electron chi connectivity index (χ1n) is 4.70. The lowest BCUT2D eigenvalue weighted by Gasteiger charge is -2.11. The van der Waals surface area contributed by atoms with Gasteiger partial charge in [-0.25, -0.2) is 0 Å². The molecule has 0 spiro atoms. The van der Waals surface area contributed by atoms with Crippen LogP contribution in [0.15, 0.2) is 42.2 Å². The maximum Gasteiger partial charge on any atom is 0.0926 e. The van der Waals surface area contributed by atoms with E-state index in [-0.39, 0.29) is 0 Å². The van der Waals surface area contributed by atoms with Crippen molar-refractivity contribution in [3.63, 3.8) is 0 Å². The predicted octanol–water partition coefficient (Wildman–Crippen LogP) is 2.89. The van der Waals surface area contributed by atoms with Crippen LogP contribution in [0.4, 0.5) is 5.69 Å². The molecule has 2 heteroatoms. The van der Waals surface area contributed by atoms with E-state index in [1.807, 2.05) is 30.3 Å². The Balaban J connectivity index is 2.32. The molecule has 72 valence electrons. The fourth-order valence-electron chi connectivity index (χ4n) is 1.61. The lowest BCUT2D eigenvalue weighted by Crippen LogP contribution is -1.94. The summed E-state index contributed by atoms with van der Waals surface area (Å²) in [5.74, 6) is 0.456. The molecule has 1 aromatic carbocycles. The Kier molecular flexibility index (Phi) is 2.27. The molecule has 0 saturated heterocycles. The van der Waals surface area contributed by atoms with Gasteiger partial charge in [0.25, 0.3) is 0 Å². The molecule has 1 aliphatic rings. The zero-order chi connectivity index (χ0) is 9.97. The Morgan fingerprint density at radius 2 is 2.00 bits per heavy atom. The molecular weight excluding hydrogens is 174 g/mol. The Labute approximate surface area is 83.4 Å². The second kappa shape index (κ2) is 3.58. The summed E-state index contributed by atoms with van der Waals surface area (Å²) in [5, 5.41) is 9.22. The minimum absolute atomic E-state index is 0.456. The summed E-state index contributed by atoms with van der Waals surface area (Å²) in [6, 6.07) is 7.82. The van der Waals surface area contributed by atoms with E-state index in [4.69, 9.17) is 5.73 Å². The quantitative estimate of drug-likeness (QED) is 0.664. The van der Waals surface area contributed by atoms with Crippen LogP contribution in [0.1, 0.15) is 18.4 Å². The SMILES string of the molecule is Nc1cccc(C2=CC=C(O)CC2)c1. The maximum atomic E-state index is 9.22. The van der Waals surface area contributed by atoms with Crippen molar-refractivity contribution in [2.75, 3.05) is 5.73 Å². The topological polar surface area (TPSA) is 46.2 Å². The summed E-state index contributed by atoms with van der Waals surface area (Å²) in [4.78, 5) is 0. The van der Waals surface area contributed by atoms with Gasteiger partial charge in [-0.15, -0.1) is 0 Å². The average Bonchev–Trinajstić information content (AvgIpc) is 2.19. The van der Waals surface area contributed by atoms with E-state index in [0.717, 1.165) is 24.1 Å². The van der Waals surface area contributed by atoms with E-state index < -0.39 is 0 Å². The number of nitrogens with two attached hydrogens (primary N) is 1. The largest absolute Gasteiger partial charge is 0.512 e. The minimum atomic E-state index is 0.456. The molecular formula is C12H13NO. The molecule has 3 N–H and O–H groups in total. The number of benzene rings is 1. The fraction of sp³-hybridized carbons (Fsp3) is 0.167. The second-order valence-electron chi connectivity index (χ2n) is 3.48. The molecule has 0 heterocycles. The Bertz CT molecular complexity index is 405. The van der Waals surface area contributed by atoms with Crippen molar-refractivity contribution in [3.8, 4) is 0 Å². The summed E-state index contributed by atoms with van der Waals surface area (Å²) in [7, 11) is 0. The van der Waals surface area contributed by atoms with Gasteiger partial charge < -0.3 is 10.8 Å². The molecule has 0 unspecified atom stereocenters. The monoisotopic (exact) mass is 187 g/mol. The Morgan fingerprint density at radius 1 is 1.14 bits per heavy atom. The van der Waals surface area contributed by atoms with Gasteiger partial charge in [-0.1, -0.05) is 18.2 Å². The first-order chi connectivity index (χ1) is 6.75. The van der Waals surface area contributed by atoms with Gasteiger partial charge in [-0.2, -0.15) is 0 Å². The number of hydrogen-bond donors (Lipinski definition) is 2. The number of allylic oxidation sites excluding steroid dienone is 4. The van der Waals surface area contributed by atoms with Crippen LogP contribution in [-0.4, -0.2) is 5.11 Å². The summed E-state index contributed by atoms with van der Waals surface area (Å²) in [5.41, 5.74) is 8.86. The highest BCUT2D eigenvalue weighted by atomic mass is 16.3. The number of anilines is 1. The Hall–Kier alpha value is -1.70. The smallest absolute Gasteiger partial charge is 0.0926 e. The molecule has 0 aliphatic heterocycles. The maximum absolute atomic E-state index is 9.22. The molecule has 0 amide bonds. The molecule has 2 nitrogen and oxygen atoms in total. The number of nitrogen functional groups attached to an aromatic ring is 1. The van der Waals surface area contributed by atoms with E-state index in [1.54, 1.807) is 6.08 Å². The number of rotatable bonds is 1. The molecule has 14 heavy (non-hydrogen) atoms. The van der Waals surface area contributed by atoms with Crippen molar-refractivity contribution in [2.45, 2.75) is 12.8 Å². The van der Waals surface area contributed by atoms with Crippen LogP contribution in [-0.2, 0) is 0 Å². The first kappa shape index (κ1) is 8.88. The summed E-state index contributed by atoms with van der Waals surface area (Å²) in [6.45, 7) is 0. The summed E-state index contributed by atoms with van der Waals surface area (Å²) >= 11 is 0. The highest BCUT2D eigenvalue weighted by Crippen LogP contribution is 2.26. The van der Waals surface area contributed by atoms with Crippen LogP contribution < -0.4 is 5.73 Å². The first-order valence-corrected chi connectivity index (χ1v) is 4.70. The zero-order valence-corrected chi connectivity index (χ0v) is 7.90. The number of aliphatic hydroxyl groups is 1. The third-order valence-electron chi connectivity index (χ3n) is 2.38. The van der Waals surface area contributed by atoms with Crippen LogP contribution in [0.3, 0.4) is 0 Å². The van der Waals surface area contributed by atoms with E-state index >= 15 is 0 Å². The lowest BCUT2D eigenvalue weighted by atomic mass is 9.96. The van der Waals surface area contributed by atoms with Crippen LogP contribution >= 0.6 is 0 Å². The number of aliphatic hydroxyl groups excluding tert-OH is 1. The van der Waals surface area contributed by atoms with Gasteiger partial charge in [-0.05, 0) is 35.8 Å². The molecule has 0 radical (unpaired) electrons. The van der Waals surface area contributed by atoms with Gasteiger partial charge in [0.1, 0.15) is 0 Å². The molecule has 0 aromatic heterocycles. The second-order valence-corrected chi connectivity index (χ2v) is 3.48. The van der Waals surface area contributed by atoms with Crippen LogP contribution in [0.2, 0.25) is 0 Å². The van der Waals surface area contributed by atoms with E-state index in [2.05, 4.69) is 0 Å².